The highest BCUT2D eigenvalue weighted by Gasteiger charge is 2.18. The van der Waals surface area contributed by atoms with Gasteiger partial charge in [0.05, 0.1) is 23.9 Å². The lowest BCUT2D eigenvalue weighted by atomic mass is 10.2. The van der Waals surface area contributed by atoms with Crippen molar-refractivity contribution in [3.63, 3.8) is 0 Å². The highest BCUT2D eigenvalue weighted by Crippen LogP contribution is 2.21. The molecule has 0 saturated carbocycles. The molecule has 2 heterocycles. The van der Waals surface area contributed by atoms with E-state index in [0.717, 1.165) is 0 Å². The summed E-state index contributed by atoms with van der Waals surface area (Å²) in [6, 6.07) is 0. The summed E-state index contributed by atoms with van der Waals surface area (Å²) in [4.78, 5) is 39.4. The van der Waals surface area contributed by atoms with Crippen LogP contribution in [0.2, 0.25) is 0 Å². The van der Waals surface area contributed by atoms with Gasteiger partial charge < -0.3 is 10.5 Å². The molecule has 0 bridgehead atoms. The van der Waals surface area contributed by atoms with Crippen molar-refractivity contribution in [1.29, 1.82) is 0 Å². The lowest BCUT2D eigenvalue weighted by Gasteiger charge is -2.04. The summed E-state index contributed by atoms with van der Waals surface area (Å²) in [5, 5.41) is 1.77. The molecule has 0 spiro atoms. The van der Waals surface area contributed by atoms with Crippen LogP contribution in [0.25, 0.3) is 10.2 Å². The summed E-state index contributed by atoms with van der Waals surface area (Å²) in [7, 11) is 0. The predicted octanol–water partition coefficient (Wildman–Crippen LogP) is 0.510. The second kappa shape index (κ2) is 5.83. The van der Waals surface area contributed by atoms with Crippen molar-refractivity contribution in [3.05, 3.63) is 27.6 Å². The minimum absolute atomic E-state index is 0.0337. The average Bonchev–Trinajstić information content (AvgIpc) is 2.83. The number of esters is 1. The Bertz CT molecular complexity index is 719. The van der Waals surface area contributed by atoms with Gasteiger partial charge in [-0.15, -0.1) is 11.3 Å². The summed E-state index contributed by atoms with van der Waals surface area (Å²) in [6.45, 7) is 2.05. The minimum Gasteiger partial charge on any atom is -0.462 e. The van der Waals surface area contributed by atoms with E-state index >= 15 is 0 Å². The lowest BCUT2D eigenvalue weighted by Crippen LogP contribution is -2.24. The van der Waals surface area contributed by atoms with E-state index in [-0.39, 0.29) is 36.1 Å². The second-order valence-corrected chi connectivity index (χ2v) is 4.87. The average molecular weight is 295 g/mol. The third-order valence-electron chi connectivity index (χ3n) is 2.66. The van der Waals surface area contributed by atoms with Gasteiger partial charge in [0.2, 0.25) is 5.91 Å². The Kier molecular flexibility index (Phi) is 4.14. The van der Waals surface area contributed by atoms with Crippen LogP contribution in [0, 0.1) is 0 Å². The van der Waals surface area contributed by atoms with Crippen molar-refractivity contribution in [1.82, 2.24) is 9.55 Å². The molecule has 0 saturated heterocycles. The van der Waals surface area contributed by atoms with Crippen LogP contribution in [0.15, 0.2) is 16.5 Å². The van der Waals surface area contributed by atoms with E-state index in [1.165, 1.54) is 22.2 Å². The first-order valence-corrected chi connectivity index (χ1v) is 6.84. The Hall–Kier alpha value is -2.22. The molecule has 0 aliphatic carbocycles. The van der Waals surface area contributed by atoms with Crippen LogP contribution in [0.5, 0.6) is 0 Å². The van der Waals surface area contributed by atoms with Gasteiger partial charge >= 0.3 is 5.97 Å². The van der Waals surface area contributed by atoms with Crippen LogP contribution in [0.1, 0.15) is 23.7 Å². The fourth-order valence-electron chi connectivity index (χ4n) is 1.72. The Morgan fingerprint density at radius 2 is 2.25 bits per heavy atom. The van der Waals surface area contributed by atoms with E-state index in [1.807, 2.05) is 0 Å². The number of carbonyl (C=O) groups is 2. The number of nitrogens with two attached hydrogens (primary N) is 1. The normalized spacial score (nSPS) is 10.7. The molecule has 0 aliphatic rings. The molecule has 8 heteroatoms. The molecule has 1 amide bonds. The van der Waals surface area contributed by atoms with Gasteiger partial charge in [-0.25, -0.2) is 9.78 Å². The van der Waals surface area contributed by atoms with Gasteiger partial charge in [-0.05, 0) is 6.92 Å². The number of hydrogen-bond donors (Lipinski definition) is 1. The van der Waals surface area contributed by atoms with Crippen molar-refractivity contribution in [3.8, 4) is 0 Å². The van der Waals surface area contributed by atoms with Gasteiger partial charge in [0, 0.05) is 18.3 Å². The predicted molar refractivity (Wildman–Crippen MR) is 73.6 cm³/mol. The molecule has 7 nitrogen and oxygen atoms in total. The molecule has 2 N–H and O–H groups in total. The number of rotatable bonds is 5. The topological polar surface area (TPSA) is 104 Å². The number of aromatic nitrogens is 2. The van der Waals surface area contributed by atoms with E-state index in [0.29, 0.717) is 4.83 Å². The molecular formula is C12H13N3O4S. The number of primary amides is 1. The first kappa shape index (κ1) is 14.2. The van der Waals surface area contributed by atoms with E-state index in [4.69, 9.17) is 10.5 Å². The maximum atomic E-state index is 12.3. The molecule has 2 rings (SSSR count). The molecule has 2 aromatic heterocycles. The van der Waals surface area contributed by atoms with Gasteiger partial charge in [0.25, 0.3) is 5.56 Å². The van der Waals surface area contributed by atoms with E-state index in [9.17, 15) is 14.4 Å². The molecule has 0 aromatic carbocycles. The number of carbonyl (C=O) groups excluding carboxylic acids is 2. The summed E-state index contributed by atoms with van der Waals surface area (Å²) in [6.07, 6.45) is 1.38. The van der Waals surface area contributed by atoms with Gasteiger partial charge in [-0.2, -0.15) is 0 Å². The van der Waals surface area contributed by atoms with Crippen LogP contribution in [0.4, 0.5) is 0 Å². The third-order valence-corrected chi connectivity index (χ3v) is 3.54. The largest absolute Gasteiger partial charge is 0.462 e. The van der Waals surface area contributed by atoms with Crippen molar-refractivity contribution in [2.45, 2.75) is 19.9 Å². The zero-order chi connectivity index (χ0) is 14.7. The zero-order valence-corrected chi connectivity index (χ0v) is 11.6. The van der Waals surface area contributed by atoms with Gasteiger partial charge in [-0.3, -0.25) is 14.2 Å². The molecule has 0 fully saturated rings. The molecular weight excluding hydrogens is 282 g/mol. The number of nitrogens with zero attached hydrogens (tertiary/aromatic N) is 2. The summed E-state index contributed by atoms with van der Waals surface area (Å²) in [5.41, 5.74) is 4.89. The van der Waals surface area contributed by atoms with Crippen molar-refractivity contribution in [2.75, 3.05) is 6.61 Å². The number of thiophene rings is 1. The molecule has 2 aromatic rings. The van der Waals surface area contributed by atoms with Crippen molar-refractivity contribution >= 4 is 33.4 Å². The highest BCUT2D eigenvalue weighted by atomic mass is 32.1. The highest BCUT2D eigenvalue weighted by molar-refractivity contribution is 7.17. The zero-order valence-electron chi connectivity index (χ0n) is 10.8. The number of amides is 1. The maximum Gasteiger partial charge on any atom is 0.339 e. The van der Waals surface area contributed by atoms with Crippen LogP contribution >= 0.6 is 11.3 Å². The van der Waals surface area contributed by atoms with Crippen LogP contribution in [-0.2, 0) is 16.1 Å². The third kappa shape index (κ3) is 2.69. The summed E-state index contributed by atoms with van der Waals surface area (Å²) >= 11 is 1.20. The van der Waals surface area contributed by atoms with E-state index < -0.39 is 11.9 Å². The molecule has 0 radical (unpaired) electrons. The lowest BCUT2D eigenvalue weighted by molar-refractivity contribution is -0.118. The van der Waals surface area contributed by atoms with E-state index in [2.05, 4.69) is 4.98 Å². The quantitative estimate of drug-likeness (QED) is 0.809. The summed E-state index contributed by atoms with van der Waals surface area (Å²) < 4.78 is 6.17. The maximum absolute atomic E-state index is 12.3. The number of hydrogen-bond acceptors (Lipinski definition) is 6. The van der Waals surface area contributed by atoms with E-state index in [1.54, 1.807) is 12.3 Å². The van der Waals surface area contributed by atoms with Gasteiger partial charge in [0.1, 0.15) is 4.83 Å². The van der Waals surface area contributed by atoms with Gasteiger partial charge in [-0.1, -0.05) is 0 Å². The number of aryl methyl sites for hydroxylation is 1. The Labute approximate surface area is 118 Å². The SMILES string of the molecule is CCOC(=O)c1csc2ncn(CCC(N)=O)c(=O)c12. The van der Waals surface area contributed by atoms with Gasteiger partial charge in [0.15, 0.2) is 0 Å². The van der Waals surface area contributed by atoms with Crippen LogP contribution < -0.4 is 11.3 Å². The number of ether oxygens (including phenoxy) is 1. The first-order chi connectivity index (χ1) is 9.54. The fourth-order valence-corrected chi connectivity index (χ4v) is 2.58. The van der Waals surface area contributed by atoms with Crippen LogP contribution in [0.3, 0.4) is 0 Å². The monoisotopic (exact) mass is 295 g/mol. The Morgan fingerprint density at radius 1 is 1.50 bits per heavy atom. The standard InChI is InChI=1S/C12H13N3O4S/c1-2-19-12(18)7-5-20-10-9(7)11(17)15(6-14-10)4-3-8(13)16/h5-6H,2-4H2,1H3,(H2,13,16). The molecule has 0 atom stereocenters. The number of fused-ring (bicyclic) bond motifs is 1. The molecule has 106 valence electrons. The molecule has 0 aliphatic heterocycles. The Balaban J connectivity index is 2.47. The Morgan fingerprint density at radius 3 is 2.90 bits per heavy atom. The van der Waals surface area contributed by atoms with Crippen molar-refractivity contribution in [2.24, 2.45) is 5.73 Å². The fraction of sp³-hybridized carbons (Fsp3) is 0.333. The minimum atomic E-state index is -0.551. The molecule has 20 heavy (non-hydrogen) atoms. The van der Waals surface area contributed by atoms with Crippen molar-refractivity contribution < 1.29 is 14.3 Å². The first-order valence-electron chi connectivity index (χ1n) is 5.96. The molecule has 0 unspecified atom stereocenters. The smallest absolute Gasteiger partial charge is 0.339 e. The second-order valence-electron chi connectivity index (χ2n) is 4.01. The van der Waals surface area contributed by atoms with Crippen LogP contribution in [-0.4, -0.2) is 28.0 Å². The summed E-state index contributed by atoms with van der Waals surface area (Å²) in [5.74, 6) is -1.06.